The number of aromatic nitrogens is 5. The SMILES string of the molecule is COc1cc(-c2cc3c(N4CCC(c5nc(-c6ccccc6)c(C6CC6)[nH]5)CC4)ncnc3[nH]2)ccc1C. The topological polar surface area (TPSA) is 82.7 Å². The van der Waals surface area contributed by atoms with Crippen molar-refractivity contribution < 1.29 is 4.74 Å². The van der Waals surface area contributed by atoms with E-state index in [9.17, 15) is 0 Å². The first kappa shape index (κ1) is 23.0. The van der Waals surface area contributed by atoms with Crippen LogP contribution in [-0.4, -0.2) is 45.1 Å². The smallest absolute Gasteiger partial charge is 0.143 e. The fourth-order valence-electron chi connectivity index (χ4n) is 5.77. The maximum atomic E-state index is 5.54. The van der Waals surface area contributed by atoms with Crippen molar-refractivity contribution in [2.24, 2.45) is 0 Å². The number of benzene rings is 2. The van der Waals surface area contributed by atoms with Crippen molar-refractivity contribution in [3.8, 4) is 28.3 Å². The number of hydrogen-bond donors (Lipinski definition) is 2. The standard InChI is InChI=1S/C31H32N6O/c1-19-8-9-23(16-26(19)38-2)25-17-24-30(34-25)32-18-33-31(24)37-14-12-22(13-15-37)29-35-27(20-6-4-3-5-7-20)28(36-29)21-10-11-21/h3-9,16-18,21-22H,10-15H2,1-2H3,(H,35,36)(H,32,33,34). The van der Waals surface area contributed by atoms with E-state index in [2.05, 4.69) is 81.4 Å². The van der Waals surface area contributed by atoms with Crippen LogP contribution in [0.4, 0.5) is 5.82 Å². The summed E-state index contributed by atoms with van der Waals surface area (Å²) in [6, 6.07) is 19.1. The van der Waals surface area contributed by atoms with Gasteiger partial charge in [-0.3, -0.25) is 0 Å². The van der Waals surface area contributed by atoms with Crippen LogP contribution in [0.5, 0.6) is 5.75 Å². The van der Waals surface area contributed by atoms with E-state index in [1.54, 1.807) is 13.4 Å². The summed E-state index contributed by atoms with van der Waals surface area (Å²) < 4.78 is 5.54. The molecule has 0 bridgehead atoms. The highest BCUT2D eigenvalue weighted by Gasteiger charge is 2.32. The van der Waals surface area contributed by atoms with Gasteiger partial charge in [-0.05, 0) is 50.3 Å². The summed E-state index contributed by atoms with van der Waals surface area (Å²) in [5.41, 5.74) is 7.77. The molecule has 3 aromatic heterocycles. The Hall–Kier alpha value is -4.13. The van der Waals surface area contributed by atoms with Gasteiger partial charge in [0.15, 0.2) is 0 Å². The molecule has 4 heterocycles. The van der Waals surface area contributed by atoms with Crippen LogP contribution in [0.25, 0.3) is 33.5 Å². The average Bonchev–Trinajstić information content (AvgIpc) is 3.56. The van der Waals surface area contributed by atoms with E-state index >= 15 is 0 Å². The molecule has 2 fully saturated rings. The Balaban J connectivity index is 1.13. The zero-order valence-electron chi connectivity index (χ0n) is 21.9. The maximum Gasteiger partial charge on any atom is 0.143 e. The Kier molecular flexibility index (Phi) is 5.64. The molecule has 7 rings (SSSR count). The lowest BCUT2D eigenvalue weighted by Crippen LogP contribution is -2.34. The number of methoxy groups -OCH3 is 1. The molecule has 0 amide bonds. The number of nitrogens with one attached hydrogen (secondary N) is 2. The fourth-order valence-corrected chi connectivity index (χ4v) is 5.77. The first-order chi connectivity index (χ1) is 18.7. The molecule has 0 spiro atoms. The molecule has 2 N–H and O–H groups in total. The molecule has 0 radical (unpaired) electrons. The number of anilines is 1. The van der Waals surface area contributed by atoms with E-state index in [0.29, 0.717) is 11.8 Å². The Morgan fingerprint density at radius 1 is 0.868 bits per heavy atom. The highest BCUT2D eigenvalue weighted by molar-refractivity contribution is 5.92. The number of fused-ring (bicyclic) bond motifs is 1. The second-order valence-electron chi connectivity index (χ2n) is 10.6. The Labute approximate surface area is 222 Å². The third-order valence-corrected chi connectivity index (χ3v) is 8.09. The molecule has 1 saturated carbocycles. The van der Waals surface area contributed by atoms with Gasteiger partial charge in [0.2, 0.25) is 0 Å². The molecule has 7 heteroatoms. The summed E-state index contributed by atoms with van der Waals surface area (Å²) in [6.45, 7) is 3.94. The van der Waals surface area contributed by atoms with Gasteiger partial charge in [0.1, 0.15) is 29.4 Å². The molecule has 7 nitrogen and oxygen atoms in total. The zero-order chi connectivity index (χ0) is 25.6. The van der Waals surface area contributed by atoms with Crippen LogP contribution < -0.4 is 9.64 Å². The predicted molar refractivity (Wildman–Crippen MR) is 151 cm³/mol. The van der Waals surface area contributed by atoms with Crippen molar-refractivity contribution in [2.45, 2.75) is 44.4 Å². The minimum atomic E-state index is 0.431. The van der Waals surface area contributed by atoms with Crippen molar-refractivity contribution >= 4 is 16.9 Å². The van der Waals surface area contributed by atoms with Gasteiger partial charge in [-0.25, -0.2) is 15.0 Å². The minimum absolute atomic E-state index is 0.431. The molecule has 1 aliphatic heterocycles. The van der Waals surface area contributed by atoms with Crippen molar-refractivity contribution in [2.75, 3.05) is 25.1 Å². The number of rotatable bonds is 6. The summed E-state index contributed by atoms with van der Waals surface area (Å²) in [7, 11) is 1.71. The van der Waals surface area contributed by atoms with Crippen molar-refractivity contribution in [3.05, 3.63) is 78.0 Å². The molecular weight excluding hydrogens is 472 g/mol. The third kappa shape index (κ3) is 4.12. The largest absolute Gasteiger partial charge is 0.496 e. The molecule has 0 atom stereocenters. The number of imidazole rings is 1. The molecule has 1 saturated heterocycles. The highest BCUT2D eigenvalue weighted by Crippen LogP contribution is 2.44. The van der Waals surface area contributed by atoms with Crippen LogP contribution >= 0.6 is 0 Å². The number of aromatic amines is 2. The van der Waals surface area contributed by atoms with Crippen molar-refractivity contribution in [3.63, 3.8) is 0 Å². The second kappa shape index (κ2) is 9.31. The highest BCUT2D eigenvalue weighted by atomic mass is 16.5. The van der Waals surface area contributed by atoms with E-state index in [-0.39, 0.29) is 0 Å². The maximum absolute atomic E-state index is 5.54. The van der Waals surface area contributed by atoms with Gasteiger partial charge < -0.3 is 19.6 Å². The van der Waals surface area contributed by atoms with Crippen molar-refractivity contribution in [1.82, 2.24) is 24.9 Å². The van der Waals surface area contributed by atoms with Gasteiger partial charge in [-0.2, -0.15) is 0 Å². The van der Waals surface area contributed by atoms with Gasteiger partial charge in [0.25, 0.3) is 0 Å². The number of nitrogens with zero attached hydrogens (tertiary/aromatic N) is 4. The minimum Gasteiger partial charge on any atom is -0.496 e. The monoisotopic (exact) mass is 504 g/mol. The first-order valence-corrected chi connectivity index (χ1v) is 13.6. The number of piperidine rings is 1. The number of ether oxygens (including phenoxy) is 1. The van der Waals surface area contributed by atoms with Crippen LogP contribution in [0.15, 0.2) is 60.9 Å². The quantitative estimate of drug-likeness (QED) is 0.272. The lowest BCUT2D eigenvalue weighted by Gasteiger charge is -2.32. The Morgan fingerprint density at radius 3 is 2.45 bits per heavy atom. The second-order valence-corrected chi connectivity index (χ2v) is 10.6. The Bertz CT molecular complexity index is 1590. The normalized spacial score (nSPS) is 16.3. The first-order valence-electron chi connectivity index (χ1n) is 13.6. The summed E-state index contributed by atoms with van der Waals surface area (Å²) >= 11 is 0. The van der Waals surface area contributed by atoms with Gasteiger partial charge in [-0.15, -0.1) is 0 Å². The molecule has 5 aromatic rings. The summed E-state index contributed by atoms with van der Waals surface area (Å²) in [5.74, 6) is 4.10. The van der Waals surface area contributed by atoms with Crippen LogP contribution in [0, 0.1) is 6.92 Å². The number of hydrogen-bond acceptors (Lipinski definition) is 5. The average molecular weight is 505 g/mol. The lowest BCUT2D eigenvalue weighted by molar-refractivity contribution is 0.412. The predicted octanol–water partition coefficient (Wildman–Crippen LogP) is 6.59. The van der Waals surface area contributed by atoms with E-state index in [0.717, 1.165) is 76.9 Å². The third-order valence-electron chi connectivity index (χ3n) is 8.09. The molecule has 38 heavy (non-hydrogen) atoms. The Morgan fingerprint density at radius 2 is 1.68 bits per heavy atom. The molecule has 1 aliphatic carbocycles. The van der Waals surface area contributed by atoms with Crippen molar-refractivity contribution in [1.29, 1.82) is 0 Å². The van der Waals surface area contributed by atoms with E-state index < -0.39 is 0 Å². The van der Waals surface area contributed by atoms with E-state index in [4.69, 9.17) is 14.7 Å². The lowest BCUT2D eigenvalue weighted by atomic mass is 9.96. The van der Waals surface area contributed by atoms with Crippen LogP contribution in [0.1, 0.15) is 54.6 Å². The molecule has 192 valence electrons. The van der Waals surface area contributed by atoms with Crippen LogP contribution in [0.3, 0.4) is 0 Å². The molecule has 2 aliphatic rings. The van der Waals surface area contributed by atoms with Gasteiger partial charge in [0.05, 0.1) is 18.2 Å². The molecular formula is C31H32N6O. The number of aryl methyl sites for hydroxylation is 1. The van der Waals surface area contributed by atoms with Gasteiger partial charge in [-0.1, -0.05) is 42.5 Å². The number of H-pyrrole nitrogens is 2. The summed E-state index contributed by atoms with van der Waals surface area (Å²) in [4.78, 5) is 24.1. The van der Waals surface area contributed by atoms with Crippen LogP contribution in [-0.2, 0) is 0 Å². The van der Waals surface area contributed by atoms with Crippen LogP contribution in [0.2, 0.25) is 0 Å². The summed E-state index contributed by atoms with van der Waals surface area (Å²) in [6.07, 6.45) is 6.28. The molecule has 2 aromatic carbocycles. The van der Waals surface area contributed by atoms with E-state index in [1.807, 2.05) is 0 Å². The van der Waals surface area contributed by atoms with Gasteiger partial charge >= 0.3 is 0 Å². The van der Waals surface area contributed by atoms with Gasteiger partial charge in [0, 0.05) is 47.4 Å². The summed E-state index contributed by atoms with van der Waals surface area (Å²) in [5, 5.41) is 1.06. The zero-order valence-corrected chi connectivity index (χ0v) is 21.9. The van der Waals surface area contributed by atoms with E-state index in [1.165, 1.54) is 24.1 Å². The fraction of sp³-hybridized carbons (Fsp3) is 0.323. The molecule has 0 unspecified atom stereocenters.